The average Bonchev–Trinajstić information content (AvgIpc) is 3.01. The van der Waals surface area contributed by atoms with E-state index in [2.05, 4.69) is 15.5 Å². The van der Waals surface area contributed by atoms with Crippen LogP contribution in [-0.4, -0.2) is 28.3 Å². The Hall–Kier alpha value is -2.99. The molecule has 6 nitrogen and oxygen atoms in total. The Bertz CT molecular complexity index is 1060. The van der Waals surface area contributed by atoms with Gasteiger partial charge in [-0.05, 0) is 32.0 Å². The molecule has 0 saturated heterocycles. The summed E-state index contributed by atoms with van der Waals surface area (Å²) in [5.41, 5.74) is 5.01. The number of benzene rings is 1. The molecule has 1 aliphatic heterocycles. The number of hydrogen-bond donors (Lipinski definition) is 1. The lowest BCUT2D eigenvalue weighted by Crippen LogP contribution is -2.24. The number of aromatic nitrogens is 2. The van der Waals surface area contributed by atoms with Crippen LogP contribution in [0.1, 0.15) is 42.0 Å². The Morgan fingerprint density at radius 1 is 1.21 bits per heavy atom. The number of fused-ring (bicyclic) bond motifs is 3. The number of aliphatic imine (C=N–C) groups is 1. The quantitative estimate of drug-likeness (QED) is 0.721. The van der Waals surface area contributed by atoms with Gasteiger partial charge < -0.3 is 9.84 Å². The van der Waals surface area contributed by atoms with E-state index in [-0.39, 0.29) is 12.3 Å². The smallest absolute Gasteiger partial charge is 0.222 e. The summed E-state index contributed by atoms with van der Waals surface area (Å²) in [5.74, 6) is 0.597. The van der Waals surface area contributed by atoms with E-state index in [1.807, 2.05) is 44.2 Å². The van der Waals surface area contributed by atoms with Crippen LogP contribution >= 0.6 is 11.6 Å². The van der Waals surface area contributed by atoms with Crippen molar-refractivity contribution in [1.29, 1.82) is 0 Å². The Labute approximate surface area is 167 Å². The van der Waals surface area contributed by atoms with Crippen molar-refractivity contribution >= 4 is 23.2 Å². The molecular formula is C21H19ClN4O2. The summed E-state index contributed by atoms with van der Waals surface area (Å²) in [4.78, 5) is 21.6. The van der Waals surface area contributed by atoms with Crippen molar-refractivity contribution in [3.05, 3.63) is 70.3 Å². The predicted molar refractivity (Wildman–Crippen MR) is 108 cm³/mol. The summed E-state index contributed by atoms with van der Waals surface area (Å²) in [7, 11) is 0. The molecule has 1 amide bonds. The molecule has 0 radical (unpaired) electrons. The van der Waals surface area contributed by atoms with Gasteiger partial charge in [0.25, 0.3) is 0 Å². The first-order chi connectivity index (χ1) is 13.6. The third-order valence-corrected chi connectivity index (χ3v) is 4.96. The number of amides is 1. The number of hydrogen-bond acceptors (Lipinski definition) is 5. The summed E-state index contributed by atoms with van der Waals surface area (Å²) in [6.45, 7) is 4.31. The lowest BCUT2D eigenvalue weighted by molar-refractivity contribution is -0.121. The Kier molecular flexibility index (Phi) is 4.96. The standard InChI is InChI=1S/C21H19ClN4O2/c1-3-24-18(27)10-17-21-19(12(2)28-26-21)16-11-23-9-8-15(16)20(25-17)13-4-6-14(22)7-5-13/h4-9,11,17H,3,10H2,1-2H3,(H,24,27)/t17-/m0/s1. The van der Waals surface area contributed by atoms with E-state index in [1.165, 1.54) is 0 Å². The predicted octanol–water partition coefficient (Wildman–Crippen LogP) is 4.12. The van der Waals surface area contributed by atoms with E-state index in [9.17, 15) is 4.79 Å². The number of carbonyl (C=O) groups excluding carboxylic acids is 1. The van der Waals surface area contributed by atoms with E-state index < -0.39 is 6.04 Å². The molecule has 142 valence electrons. The lowest BCUT2D eigenvalue weighted by atomic mass is 9.94. The van der Waals surface area contributed by atoms with E-state index in [0.717, 1.165) is 28.0 Å². The third-order valence-electron chi connectivity index (χ3n) is 4.71. The Morgan fingerprint density at radius 3 is 2.75 bits per heavy atom. The van der Waals surface area contributed by atoms with Gasteiger partial charge in [0.1, 0.15) is 17.5 Å². The number of rotatable bonds is 4. The molecule has 0 bridgehead atoms. The molecule has 1 aromatic carbocycles. The van der Waals surface area contributed by atoms with Crippen LogP contribution in [-0.2, 0) is 4.79 Å². The first kappa shape index (κ1) is 18.4. The van der Waals surface area contributed by atoms with Crippen molar-refractivity contribution in [3.8, 4) is 11.1 Å². The summed E-state index contributed by atoms with van der Waals surface area (Å²) < 4.78 is 5.46. The van der Waals surface area contributed by atoms with Crippen LogP contribution in [0, 0.1) is 6.92 Å². The fraction of sp³-hybridized carbons (Fsp3) is 0.238. The van der Waals surface area contributed by atoms with E-state index in [0.29, 0.717) is 23.0 Å². The molecule has 2 aromatic heterocycles. The largest absolute Gasteiger partial charge is 0.361 e. The van der Waals surface area contributed by atoms with E-state index in [4.69, 9.17) is 21.1 Å². The van der Waals surface area contributed by atoms with Gasteiger partial charge in [-0.15, -0.1) is 0 Å². The lowest BCUT2D eigenvalue weighted by Gasteiger charge is -2.12. The number of pyridine rings is 1. The van der Waals surface area contributed by atoms with E-state index in [1.54, 1.807) is 12.4 Å². The average molecular weight is 395 g/mol. The molecule has 0 spiro atoms. The fourth-order valence-electron chi connectivity index (χ4n) is 3.46. The maximum Gasteiger partial charge on any atom is 0.222 e. The van der Waals surface area contributed by atoms with Gasteiger partial charge in [-0.1, -0.05) is 28.9 Å². The molecule has 3 heterocycles. The molecule has 0 saturated carbocycles. The number of aryl methyl sites for hydroxylation is 1. The zero-order valence-electron chi connectivity index (χ0n) is 15.6. The van der Waals surface area contributed by atoms with E-state index >= 15 is 0 Å². The Morgan fingerprint density at radius 2 is 2.00 bits per heavy atom. The van der Waals surface area contributed by atoms with Crippen LogP contribution in [0.25, 0.3) is 11.1 Å². The second-order valence-electron chi connectivity index (χ2n) is 6.58. The maximum absolute atomic E-state index is 12.3. The monoisotopic (exact) mass is 394 g/mol. The minimum atomic E-state index is -0.461. The Balaban J connectivity index is 1.92. The first-order valence-corrected chi connectivity index (χ1v) is 9.47. The molecule has 1 N–H and O–H groups in total. The topological polar surface area (TPSA) is 80.4 Å². The number of halogens is 1. The van der Waals surface area contributed by atoms with Gasteiger partial charge in [0.15, 0.2) is 0 Å². The van der Waals surface area contributed by atoms with Crippen LogP contribution < -0.4 is 5.32 Å². The van der Waals surface area contributed by atoms with Crippen LogP contribution in [0.3, 0.4) is 0 Å². The van der Waals surface area contributed by atoms with Crippen molar-refractivity contribution in [2.45, 2.75) is 26.3 Å². The summed E-state index contributed by atoms with van der Waals surface area (Å²) in [6, 6.07) is 8.97. The first-order valence-electron chi connectivity index (χ1n) is 9.09. The van der Waals surface area contributed by atoms with Crippen molar-refractivity contribution in [3.63, 3.8) is 0 Å². The third kappa shape index (κ3) is 3.31. The highest BCUT2D eigenvalue weighted by atomic mass is 35.5. The molecule has 1 atom stereocenters. The zero-order valence-corrected chi connectivity index (χ0v) is 16.3. The van der Waals surface area contributed by atoms with Crippen molar-refractivity contribution in [1.82, 2.24) is 15.5 Å². The molecule has 3 aromatic rings. The second-order valence-corrected chi connectivity index (χ2v) is 7.01. The number of nitrogens with zero attached hydrogens (tertiary/aromatic N) is 3. The fourth-order valence-corrected chi connectivity index (χ4v) is 3.58. The highest BCUT2D eigenvalue weighted by Gasteiger charge is 2.31. The highest BCUT2D eigenvalue weighted by molar-refractivity contribution is 6.30. The molecule has 1 aliphatic rings. The minimum Gasteiger partial charge on any atom is -0.361 e. The number of carbonyl (C=O) groups is 1. The number of nitrogens with one attached hydrogen (secondary N) is 1. The molecular weight excluding hydrogens is 376 g/mol. The van der Waals surface area contributed by atoms with Crippen molar-refractivity contribution in [2.75, 3.05) is 6.54 Å². The van der Waals surface area contributed by atoms with Gasteiger partial charge in [-0.25, -0.2) is 0 Å². The van der Waals surface area contributed by atoms with Crippen LogP contribution in [0.4, 0.5) is 0 Å². The van der Waals surface area contributed by atoms with Crippen LogP contribution in [0.15, 0.2) is 52.2 Å². The zero-order chi connectivity index (χ0) is 19.7. The van der Waals surface area contributed by atoms with Gasteiger partial charge in [0.05, 0.1) is 17.7 Å². The van der Waals surface area contributed by atoms with Crippen molar-refractivity contribution < 1.29 is 9.32 Å². The summed E-state index contributed by atoms with van der Waals surface area (Å²) >= 11 is 6.07. The highest BCUT2D eigenvalue weighted by Crippen LogP contribution is 2.39. The van der Waals surface area contributed by atoms with Gasteiger partial charge in [-0.3, -0.25) is 14.8 Å². The minimum absolute atomic E-state index is 0.0811. The second kappa shape index (κ2) is 7.56. The molecule has 0 fully saturated rings. The van der Waals surface area contributed by atoms with Gasteiger partial charge in [0, 0.05) is 40.7 Å². The van der Waals surface area contributed by atoms with Gasteiger partial charge >= 0.3 is 0 Å². The van der Waals surface area contributed by atoms with Gasteiger partial charge in [-0.2, -0.15) is 0 Å². The summed E-state index contributed by atoms with van der Waals surface area (Å²) in [6.07, 6.45) is 3.71. The summed E-state index contributed by atoms with van der Waals surface area (Å²) in [5, 5.41) is 7.73. The van der Waals surface area contributed by atoms with Crippen LogP contribution in [0.2, 0.25) is 5.02 Å². The SMILES string of the molecule is CCNC(=O)C[C@@H]1N=C(c2ccc(Cl)cc2)c2ccncc2-c2c1noc2C. The molecule has 0 unspecified atom stereocenters. The molecule has 0 aliphatic carbocycles. The van der Waals surface area contributed by atoms with Crippen LogP contribution in [0.5, 0.6) is 0 Å². The maximum atomic E-state index is 12.3. The van der Waals surface area contributed by atoms with Crippen molar-refractivity contribution in [2.24, 2.45) is 4.99 Å². The van der Waals surface area contributed by atoms with Gasteiger partial charge in [0.2, 0.25) is 5.91 Å². The molecule has 7 heteroatoms. The molecule has 4 rings (SSSR count). The normalized spacial score (nSPS) is 15.2. The molecule has 28 heavy (non-hydrogen) atoms.